The molecule has 0 amide bonds. The summed E-state index contributed by atoms with van der Waals surface area (Å²) in [4.78, 5) is 14.0. The van der Waals surface area contributed by atoms with Gasteiger partial charge in [-0.15, -0.1) is 0 Å². The molecule has 66 valence electrons. The van der Waals surface area contributed by atoms with Gasteiger partial charge in [0.25, 0.3) is 0 Å². The molecule has 0 atom stereocenters. The van der Waals surface area contributed by atoms with E-state index in [2.05, 4.69) is 14.7 Å². The summed E-state index contributed by atoms with van der Waals surface area (Å²) in [5.74, 6) is -0.0212. The summed E-state index contributed by atoms with van der Waals surface area (Å²) < 4.78 is 9.42. The molecule has 0 aliphatic rings. The van der Waals surface area contributed by atoms with Crippen LogP contribution in [0.1, 0.15) is 10.4 Å². The van der Waals surface area contributed by atoms with Crippen molar-refractivity contribution in [1.82, 2.24) is 10.1 Å². The summed E-state index contributed by atoms with van der Waals surface area (Å²) in [6.07, 6.45) is 5.77. The van der Waals surface area contributed by atoms with Gasteiger partial charge >= 0.3 is 5.97 Å². The fraction of sp³-hybridized carbons (Fsp3) is 0. The first-order valence-electron chi connectivity index (χ1n) is 3.60. The summed E-state index contributed by atoms with van der Waals surface area (Å²) in [5.41, 5.74) is 0.293. The first kappa shape index (κ1) is 7.60. The van der Waals surface area contributed by atoms with E-state index in [0.717, 1.165) is 0 Å². The summed E-state index contributed by atoms with van der Waals surface area (Å²) in [6, 6.07) is 1.64. The molecule has 0 aliphatic carbocycles. The Kier molecular flexibility index (Phi) is 1.84. The Balaban J connectivity index is 2.08. The SMILES string of the molecule is O=C(Oc1cc[nH]c1)c1cnoc1. The molecule has 2 rings (SSSR count). The molecular weight excluding hydrogens is 172 g/mol. The maximum absolute atomic E-state index is 11.2. The van der Waals surface area contributed by atoms with Gasteiger partial charge in [0, 0.05) is 12.4 Å². The van der Waals surface area contributed by atoms with Crippen LogP contribution in [0, 0.1) is 0 Å². The summed E-state index contributed by atoms with van der Waals surface area (Å²) in [5, 5.41) is 3.39. The minimum atomic E-state index is -0.485. The quantitative estimate of drug-likeness (QED) is 0.702. The Bertz CT molecular complexity index is 377. The molecule has 5 nitrogen and oxygen atoms in total. The van der Waals surface area contributed by atoms with Crippen molar-refractivity contribution in [3.8, 4) is 5.75 Å². The second-order valence-electron chi connectivity index (χ2n) is 2.35. The van der Waals surface area contributed by atoms with Crippen molar-refractivity contribution in [1.29, 1.82) is 0 Å². The lowest BCUT2D eigenvalue weighted by atomic mass is 10.4. The van der Waals surface area contributed by atoms with Gasteiger partial charge in [-0.1, -0.05) is 5.16 Å². The van der Waals surface area contributed by atoms with E-state index in [4.69, 9.17) is 4.74 Å². The first-order valence-corrected chi connectivity index (χ1v) is 3.60. The van der Waals surface area contributed by atoms with Gasteiger partial charge in [0.1, 0.15) is 17.6 Å². The molecule has 0 fully saturated rings. The number of carbonyl (C=O) groups is 1. The van der Waals surface area contributed by atoms with Crippen LogP contribution in [-0.2, 0) is 0 Å². The molecule has 1 N–H and O–H groups in total. The van der Waals surface area contributed by atoms with Crippen molar-refractivity contribution < 1.29 is 14.1 Å². The van der Waals surface area contributed by atoms with E-state index >= 15 is 0 Å². The number of hydrogen-bond donors (Lipinski definition) is 1. The second-order valence-corrected chi connectivity index (χ2v) is 2.35. The highest BCUT2D eigenvalue weighted by Crippen LogP contribution is 2.10. The van der Waals surface area contributed by atoms with E-state index in [0.29, 0.717) is 11.3 Å². The van der Waals surface area contributed by atoms with Gasteiger partial charge in [0.05, 0.1) is 6.20 Å². The molecule has 0 spiro atoms. The summed E-state index contributed by atoms with van der Waals surface area (Å²) >= 11 is 0. The van der Waals surface area contributed by atoms with Crippen LogP contribution in [0.2, 0.25) is 0 Å². The van der Waals surface area contributed by atoms with E-state index in [-0.39, 0.29) is 0 Å². The van der Waals surface area contributed by atoms with E-state index < -0.39 is 5.97 Å². The zero-order valence-corrected chi connectivity index (χ0v) is 6.56. The van der Waals surface area contributed by atoms with Crippen molar-refractivity contribution >= 4 is 5.97 Å². The highest BCUT2D eigenvalue weighted by molar-refractivity contribution is 5.90. The highest BCUT2D eigenvalue weighted by atomic mass is 16.5. The van der Waals surface area contributed by atoms with Crippen LogP contribution in [0.5, 0.6) is 5.75 Å². The molecular formula is C8H6N2O3. The lowest BCUT2D eigenvalue weighted by Gasteiger charge is -1.96. The van der Waals surface area contributed by atoms with Crippen molar-refractivity contribution in [3.63, 3.8) is 0 Å². The van der Waals surface area contributed by atoms with Gasteiger partial charge in [-0.05, 0) is 6.07 Å². The zero-order chi connectivity index (χ0) is 9.10. The number of aromatic nitrogens is 2. The van der Waals surface area contributed by atoms with Crippen molar-refractivity contribution in [3.05, 3.63) is 36.5 Å². The second kappa shape index (κ2) is 3.14. The Labute approximate surface area is 73.3 Å². The van der Waals surface area contributed by atoms with E-state index in [1.165, 1.54) is 12.5 Å². The predicted octanol–water partition coefficient (Wildman–Crippen LogP) is 1.22. The molecule has 0 aliphatic heterocycles. The Morgan fingerprint density at radius 1 is 1.62 bits per heavy atom. The smallest absolute Gasteiger partial charge is 0.348 e. The molecule has 2 heterocycles. The number of rotatable bonds is 2. The third-order valence-corrected chi connectivity index (χ3v) is 1.45. The Hall–Kier alpha value is -2.04. The molecule has 0 bridgehead atoms. The van der Waals surface area contributed by atoms with Crippen LogP contribution in [0.25, 0.3) is 0 Å². The normalized spacial score (nSPS) is 9.85. The fourth-order valence-corrected chi connectivity index (χ4v) is 0.844. The van der Waals surface area contributed by atoms with Crippen LogP contribution in [0.3, 0.4) is 0 Å². The zero-order valence-electron chi connectivity index (χ0n) is 6.56. The maximum Gasteiger partial charge on any atom is 0.348 e. The molecule has 0 unspecified atom stereocenters. The van der Waals surface area contributed by atoms with Crippen LogP contribution in [0.15, 0.2) is 35.4 Å². The number of ether oxygens (including phenoxy) is 1. The fourth-order valence-electron chi connectivity index (χ4n) is 0.844. The minimum absolute atomic E-state index is 0.293. The van der Waals surface area contributed by atoms with Gasteiger partial charge in [-0.25, -0.2) is 4.79 Å². The van der Waals surface area contributed by atoms with Crippen LogP contribution >= 0.6 is 0 Å². The monoisotopic (exact) mass is 178 g/mol. The average molecular weight is 178 g/mol. The van der Waals surface area contributed by atoms with Crippen LogP contribution < -0.4 is 4.74 Å². The summed E-state index contributed by atoms with van der Waals surface area (Å²) in [7, 11) is 0. The molecule has 0 saturated carbocycles. The van der Waals surface area contributed by atoms with Gasteiger partial charge < -0.3 is 14.2 Å². The van der Waals surface area contributed by atoms with Gasteiger partial charge in [-0.3, -0.25) is 0 Å². The first-order chi connectivity index (χ1) is 6.36. The van der Waals surface area contributed by atoms with Crippen LogP contribution in [-0.4, -0.2) is 16.1 Å². The molecule has 2 aromatic rings. The minimum Gasteiger partial charge on any atom is -0.421 e. The molecule has 0 radical (unpaired) electrons. The lowest BCUT2D eigenvalue weighted by molar-refractivity contribution is 0.0734. The Morgan fingerprint density at radius 3 is 3.15 bits per heavy atom. The Morgan fingerprint density at radius 2 is 2.54 bits per heavy atom. The molecule has 2 aromatic heterocycles. The van der Waals surface area contributed by atoms with Gasteiger partial charge in [0.2, 0.25) is 0 Å². The summed E-state index contributed by atoms with van der Waals surface area (Å²) in [6.45, 7) is 0. The molecule has 0 aromatic carbocycles. The van der Waals surface area contributed by atoms with Crippen molar-refractivity contribution in [2.24, 2.45) is 0 Å². The third-order valence-electron chi connectivity index (χ3n) is 1.45. The number of aromatic amines is 1. The third kappa shape index (κ3) is 1.58. The molecule has 5 heteroatoms. The van der Waals surface area contributed by atoms with Crippen LogP contribution in [0.4, 0.5) is 0 Å². The maximum atomic E-state index is 11.2. The number of H-pyrrole nitrogens is 1. The van der Waals surface area contributed by atoms with Gasteiger partial charge in [0.15, 0.2) is 0 Å². The molecule has 0 saturated heterocycles. The van der Waals surface area contributed by atoms with E-state index in [1.54, 1.807) is 18.5 Å². The number of nitrogens with one attached hydrogen (secondary N) is 1. The number of carbonyl (C=O) groups excluding carboxylic acids is 1. The standard InChI is InChI=1S/C8H6N2O3/c11-8(6-3-10-12-5-6)13-7-1-2-9-4-7/h1-5,9H. The number of nitrogens with zero attached hydrogens (tertiary/aromatic N) is 1. The van der Waals surface area contributed by atoms with E-state index in [1.807, 2.05) is 0 Å². The van der Waals surface area contributed by atoms with Gasteiger partial charge in [-0.2, -0.15) is 0 Å². The number of hydrogen-bond acceptors (Lipinski definition) is 4. The predicted molar refractivity (Wildman–Crippen MR) is 42.3 cm³/mol. The average Bonchev–Trinajstić information content (AvgIpc) is 2.74. The molecule has 13 heavy (non-hydrogen) atoms. The van der Waals surface area contributed by atoms with Crippen molar-refractivity contribution in [2.75, 3.05) is 0 Å². The van der Waals surface area contributed by atoms with Crippen molar-refractivity contribution in [2.45, 2.75) is 0 Å². The topological polar surface area (TPSA) is 68.1 Å². The lowest BCUT2D eigenvalue weighted by Crippen LogP contribution is -2.06. The van der Waals surface area contributed by atoms with E-state index in [9.17, 15) is 4.79 Å². The number of esters is 1. The highest BCUT2D eigenvalue weighted by Gasteiger charge is 2.10. The largest absolute Gasteiger partial charge is 0.421 e.